The average Bonchev–Trinajstić information content (AvgIpc) is 2.96. The Morgan fingerprint density at radius 2 is 1.31 bits per heavy atom. The fourth-order valence-electron chi connectivity index (χ4n) is 4.76. The molecule has 3 rings (SSSR count). The molecule has 1 spiro atoms. The maximum atomic E-state index is 2.69. The van der Waals surface area contributed by atoms with Crippen molar-refractivity contribution >= 4 is 21.6 Å². The Balaban J connectivity index is 1.49. The molecule has 152 valence electrons. The molecular formula is C22H42N2S2. The molecule has 3 aliphatic rings. The molecule has 1 atom stereocenters. The number of rotatable bonds is 4. The first kappa shape index (κ1) is 21.3. The lowest BCUT2D eigenvalue weighted by molar-refractivity contribution is 0.00186. The fourth-order valence-corrected chi connectivity index (χ4v) is 8.48. The Labute approximate surface area is 171 Å². The van der Waals surface area contributed by atoms with Crippen molar-refractivity contribution < 1.29 is 0 Å². The Bertz CT molecular complexity index is 517. The zero-order chi connectivity index (χ0) is 19.6. The SMILES string of the molecule is CC(C)(SSC1(C)CC12CCN(C(C)(C)C)CC2)C1CN(C(C)(C)C)C1. The summed E-state index contributed by atoms with van der Waals surface area (Å²) in [5, 5.41) is 0. The van der Waals surface area contributed by atoms with Gasteiger partial charge in [-0.1, -0.05) is 21.6 Å². The summed E-state index contributed by atoms with van der Waals surface area (Å²) in [7, 11) is 4.43. The van der Waals surface area contributed by atoms with Crippen molar-refractivity contribution in [2.75, 3.05) is 26.2 Å². The van der Waals surface area contributed by atoms with E-state index in [4.69, 9.17) is 0 Å². The predicted molar refractivity (Wildman–Crippen MR) is 120 cm³/mol. The molecule has 26 heavy (non-hydrogen) atoms. The highest BCUT2D eigenvalue weighted by atomic mass is 33.1. The molecule has 0 amide bonds. The first-order chi connectivity index (χ1) is 11.7. The highest BCUT2D eigenvalue weighted by Gasteiger charge is 2.65. The maximum Gasteiger partial charge on any atom is 0.0299 e. The van der Waals surface area contributed by atoms with Gasteiger partial charge in [-0.25, -0.2) is 0 Å². The molecule has 4 heteroatoms. The monoisotopic (exact) mass is 398 g/mol. The van der Waals surface area contributed by atoms with Gasteiger partial charge in [0.15, 0.2) is 0 Å². The molecule has 0 radical (unpaired) electrons. The third-order valence-corrected chi connectivity index (χ3v) is 12.0. The Morgan fingerprint density at radius 1 is 0.808 bits per heavy atom. The van der Waals surface area contributed by atoms with Crippen molar-refractivity contribution in [3.63, 3.8) is 0 Å². The second kappa shape index (κ2) is 6.57. The molecule has 1 saturated carbocycles. The highest BCUT2D eigenvalue weighted by Crippen LogP contribution is 2.72. The lowest BCUT2D eigenvalue weighted by Gasteiger charge is -2.53. The predicted octanol–water partition coefficient (Wildman–Crippen LogP) is 5.92. The van der Waals surface area contributed by atoms with Crippen molar-refractivity contribution in [1.82, 2.24) is 9.80 Å². The second-order valence-corrected chi connectivity index (χ2v) is 15.2. The molecule has 2 aliphatic heterocycles. The van der Waals surface area contributed by atoms with Crippen LogP contribution in [0.2, 0.25) is 0 Å². The van der Waals surface area contributed by atoms with Gasteiger partial charge in [0.05, 0.1) is 0 Å². The van der Waals surface area contributed by atoms with Gasteiger partial charge in [-0.3, -0.25) is 9.80 Å². The van der Waals surface area contributed by atoms with E-state index in [0.29, 0.717) is 26.0 Å². The molecule has 0 N–H and O–H groups in total. The van der Waals surface area contributed by atoms with E-state index in [-0.39, 0.29) is 0 Å². The number of hydrogen-bond donors (Lipinski definition) is 0. The molecule has 2 nitrogen and oxygen atoms in total. The van der Waals surface area contributed by atoms with Crippen molar-refractivity contribution in [3.8, 4) is 0 Å². The van der Waals surface area contributed by atoms with Crippen molar-refractivity contribution in [1.29, 1.82) is 0 Å². The average molecular weight is 399 g/mol. The van der Waals surface area contributed by atoms with Crippen molar-refractivity contribution in [2.24, 2.45) is 11.3 Å². The molecule has 2 heterocycles. The first-order valence-corrected chi connectivity index (χ1v) is 12.7. The van der Waals surface area contributed by atoms with E-state index in [1.54, 1.807) is 0 Å². The molecule has 0 aromatic carbocycles. The summed E-state index contributed by atoms with van der Waals surface area (Å²) in [5.41, 5.74) is 1.29. The van der Waals surface area contributed by atoms with Crippen molar-refractivity contribution in [3.05, 3.63) is 0 Å². The summed E-state index contributed by atoms with van der Waals surface area (Å²) in [6.07, 6.45) is 4.23. The standard InChI is InChI=1S/C22H42N2S2/c1-18(2,3)23-12-10-22(11-13-23)16-21(22,9)26-25-20(7,8)17-14-24(15-17)19(4,5)6/h17H,10-16H2,1-9H3. The molecule has 3 fully saturated rings. The summed E-state index contributed by atoms with van der Waals surface area (Å²) in [6.45, 7) is 26.8. The number of likely N-dealkylation sites (tertiary alicyclic amines) is 2. The van der Waals surface area contributed by atoms with Gasteiger partial charge in [0.25, 0.3) is 0 Å². The van der Waals surface area contributed by atoms with E-state index in [0.717, 1.165) is 5.92 Å². The minimum Gasteiger partial charge on any atom is -0.298 e. The van der Waals surface area contributed by atoms with E-state index >= 15 is 0 Å². The summed E-state index contributed by atoms with van der Waals surface area (Å²) < 4.78 is 0.887. The van der Waals surface area contributed by atoms with Gasteiger partial charge in [-0.15, -0.1) is 0 Å². The third-order valence-electron chi connectivity index (χ3n) is 7.60. The van der Waals surface area contributed by atoms with Crippen molar-refractivity contribution in [2.45, 2.75) is 102 Å². The van der Waals surface area contributed by atoms with E-state index < -0.39 is 0 Å². The minimum absolute atomic E-state index is 0.331. The molecule has 2 saturated heterocycles. The van der Waals surface area contributed by atoms with E-state index in [9.17, 15) is 0 Å². The van der Waals surface area contributed by atoms with Gasteiger partial charge in [-0.05, 0) is 106 Å². The molecule has 0 bridgehead atoms. The molecular weight excluding hydrogens is 356 g/mol. The van der Waals surface area contributed by atoms with Crippen LogP contribution >= 0.6 is 21.6 Å². The molecule has 0 aromatic heterocycles. The van der Waals surface area contributed by atoms with Crippen LogP contribution in [0, 0.1) is 11.3 Å². The van der Waals surface area contributed by atoms with Gasteiger partial charge in [-0.2, -0.15) is 0 Å². The van der Waals surface area contributed by atoms with Crippen LogP contribution in [0.3, 0.4) is 0 Å². The van der Waals surface area contributed by atoms with Crippen LogP contribution in [0.1, 0.15) is 81.6 Å². The van der Waals surface area contributed by atoms with Gasteiger partial charge >= 0.3 is 0 Å². The van der Waals surface area contributed by atoms with Crippen LogP contribution in [0.15, 0.2) is 0 Å². The summed E-state index contributed by atoms with van der Waals surface area (Å²) in [5.74, 6) is 0.834. The molecule has 0 aromatic rings. The smallest absolute Gasteiger partial charge is 0.0299 e. The van der Waals surface area contributed by atoms with Crippen LogP contribution in [-0.2, 0) is 0 Å². The quantitative estimate of drug-likeness (QED) is 0.542. The lowest BCUT2D eigenvalue weighted by atomic mass is 9.84. The lowest BCUT2D eigenvalue weighted by Crippen LogP contribution is -2.60. The van der Waals surface area contributed by atoms with Gasteiger partial charge in [0.2, 0.25) is 0 Å². The molecule has 1 aliphatic carbocycles. The number of hydrogen-bond acceptors (Lipinski definition) is 4. The van der Waals surface area contributed by atoms with Crippen LogP contribution in [0.5, 0.6) is 0 Å². The summed E-state index contributed by atoms with van der Waals surface area (Å²) >= 11 is 0. The highest BCUT2D eigenvalue weighted by molar-refractivity contribution is 8.77. The van der Waals surface area contributed by atoms with Gasteiger partial charge in [0.1, 0.15) is 0 Å². The third kappa shape index (κ3) is 4.00. The van der Waals surface area contributed by atoms with Crippen LogP contribution < -0.4 is 0 Å². The second-order valence-electron chi connectivity index (χ2n) is 11.9. The van der Waals surface area contributed by atoms with Crippen LogP contribution in [-0.4, -0.2) is 56.6 Å². The Kier molecular flexibility index (Phi) is 5.39. The zero-order valence-corrected chi connectivity index (χ0v) is 20.4. The zero-order valence-electron chi connectivity index (χ0n) is 18.7. The number of piperidine rings is 1. The minimum atomic E-state index is 0.331. The molecule has 1 unspecified atom stereocenters. The van der Waals surface area contributed by atoms with Gasteiger partial charge in [0, 0.05) is 33.7 Å². The number of nitrogens with zero attached hydrogens (tertiary/aromatic N) is 2. The van der Waals surface area contributed by atoms with E-state index in [2.05, 4.69) is 93.7 Å². The van der Waals surface area contributed by atoms with Crippen LogP contribution in [0.4, 0.5) is 0 Å². The summed E-state index contributed by atoms with van der Waals surface area (Å²) in [6, 6.07) is 0. The van der Waals surface area contributed by atoms with E-state index in [1.807, 2.05) is 0 Å². The Morgan fingerprint density at radius 3 is 1.77 bits per heavy atom. The fraction of sp³-hybridized carbons (Fsp3) is 1.00. The van der Waals surface area contributed by atoms with E-state index in [1.165, 1.54) is 45.4 Å². The normalized spacial score (nSPS) is 31.3. The first-order valence-electron chi connectivity index (χ1n) is 10.6. The Hall–Kier alpha value is 0.620. The summed E-state index contributed by atoms with van der Waals surface area (Å²) in [4.78, 5) is 5.32. The largest absolute Gasteiger partial charge is 0.298 e. The van der Waals surface area contributed by atoms with Gasteiger partial charge < -0.3 is 0 Å². The maximum absolute atomic E-state index is 2.69. The van der Waals surface area contributed by atoms with Crippen LogP contribution in [0.25, 0.3) is 0 Å². The topological polar surface area (TPSA) is 6.48 Å².